The summed E-state index contributed by atoms with van der Waals surface area (Å²) in [4.78, 5) is 4.55. The third-order valence-corrected chi connectivity index (χ3v) is 6.79. The number of rotatable bonds is 6. The van der Waals surface area contributed by atoms with Gasteiger partial charge in [0.2, 0.25) is 10.0 Å². The number of piperidine rings is 1. The third-order valence-electron chi connectivity index (χ3n) is 4.57. The van der Waals surface area contributed by atoms with Crippen molar-refractivity contribution < 1.29 is 12.9 Å². The maximum absolute atomic E-state index is 12.9. The molecule has 1 unspecified atom stereocenters. The van der Waals surface area contributed by atoms with Crippen molar-refractivity contribution in [3.8, 4) is 11.5 Å². The molecule has 142 valence electrons. The summed E-state index contributed by atoms with van der Waals surface area (Å²) < 4.78 is 32.6. The summed E-state index contributed by atoms with van der Waals surface area (Å²) in [7, 11) is -1.69. The quantitative estimate of drug-likeness (QED) is 0.804. The molecule has 0 aliphatic carbocycles. The molecule has 9 heteroatoms. The normalized spacial score (nSPS) is 17.3. The van der Waals surface area contributed by atoms with Gasteiger partial charge in [-0.05, 0) is 45.0 Å². The number of halogens is 1. The Hall–Kier alpha value is -1.48. The van der Waals surface area contributed by atoms with Gasteiger partial charge in [0.05, 0.1) is 15.5 Å². The Morgan fingerprint density at radius 1 is 1.31 bits per heavy atom. The summed E-state index contributed by atoms with van der Waals surface area (Å²) in [5.41, 5.74) is 0.431. The van der Waals surface area contributed by atoms with E-state index in [4.69, 9.17) is 16.1 Å². The van der Waals surface area contributed by atoms with Crippen LogP contribution in [0.3, 0.4) is 0 Å². The lowest BCUT2D eigenvalue weighted by molar-refractivity contribution is 0.346. The van der Waals surface area contributed by atoms with Gasteiger partial charge in [0.25, 0.3) is 5.89 Å². The molecule has 1 atom stereocenters. The molecule has 0 radical (unpaired) electrons. The first-order valence-electron chi connectivity index (χ1n) is 8.71. The second-order valence-electron chi connectivity index (χ2n) is 6.52. The summed E-state index contributed by atoms with van der Waals surface area (Å²) in [6, 6.07) is 4.80. The van der Waals surface area contributed by atoms with Crippen LogP contribution in [0, 0.1) is 0 Å². The number of sulfonamides is 1. The van der Waals surface area contributed by atoms with Gasteiger partial charge in [-0.2, -0.15) is 9.29 Å². The average molecular weight is 399 g/mol. The Kier molecular flexibility index (Phi) is 5.96. The Bertz CT molecular complexity index is 863. The van der Waals surface area contributed by atoms with Crippen molar-refractivity contribution in [1.29, 1.82) is 0 Å². The van der Waals surface area contributed by atoms with Gasteiger partial charge in [0, 0.05) is 25.6 Å². The Morgan fingerprint density at radius 3 is 2.73 bits per heavy atom. The van der Waals surface area contributed by atoms with Gasteiger partial charge in [0.1, 0.15) is 0 Å². The van der Waals surface area contributed by atoms with Crippen LogP contribution in [0.1, 0.15) is 32.0 Å². The fourth-order valence-electron chi connectivity index (χ4n) is 2.91. The monoisotopic (exact) mass is 398 g/mol. The molecule has 1 aliphatic heterocycles. The van der Waals surface area contributed by atoms with Gasteiger partial charge in [-0.15, -0.1) is 0 Å². The van der Waals surface area contributed by atoms with E-state index >= 15 is 0 Å². The standard InChI is InChI=1S/C17H23ClN4O3S/c1-12(19-2)10-16-20-17(25-21-16)14-11-13(6-7-15(14)18)26(23,24)22-8-4-3-5-9-22/h6-7,11-12,19H,3-5,8-10H2,1-2H3. The second kappa shape index (κ2) is 8.04. The SMILES string of the molecule is CNC(C)Cc1noc(-c2cc(S(=O)(=O)N3CCCCC3)ccc2Cl)n1. The van der Waals surface area contributed by atoms with E-state index in [0.717, 1.165) is 19.3 Å². The third kappa shape index (κ3) is 4.09. The molecule has 3 rings (SSSR count). The molecular formula is C17H23ClN4O3S. The topological polar surface area (TPSA) is 88.3 Å². The minimum absolute atomic E-state index is 0.196. The second-order valence-corrected chi connectivity index (χ2v) is 8.86. The van der Waals surface area contributed by atoms with Crippen LogP contribution >= 0.6 is 11.6 Å². The van der Waals surface area contributed by atoms with Crippen LogP contribution in [0.5, 0.6) is 0 Å². The first-order valence-corrected chi connectivity index (χ1v) is 10.5. The zero-order valence-electron chi connectivity index (χ0n) is 14.9. The molecule has 7 nitrogen and oxygen atoms in total. The van der Waals surface area contributed by atoms with E-state index in [0.29, 0.717) is 35.9 Å². The zero-order chi connectivity index (χ0) is 18.7. The van der Waals surface area contributed by atoms with Crippen LogP contribution < -0.4 is 5.32 Å². The van der Waals surface area contributed by atoms with E-state index in [9.17, 15) is 8.42 Å². The predicted molar refractivity (Wildman–Crippen MR) is 99.6 cm³/mol. The summed E-state index contributed by atoms with van der Waals surface area (Å²) in [5.74, 6) is 0.770. The highest BCUT2D eigenvalue weighted by Gasteiger charge is 2.27. The molecule has 0 spiro atoms. The number of hydrogen-bond acceptors (Lipinski definition) is 6. The summed E-state index contributed by atoms with van der Waals surface area (Å²) in [6.45, 7) is 3.11. The van der Waals surface area contributed by atoms with Gasteiger partial charge in [-0.1, -0.05) is 23.2 Å². The van der Waals surface area contributed by atoms with E-state index in [1.807, 2.05) is 14.0 Å². The highest BCUT2D eigenvalue weighted by molar-refractivity contribution is 7.89. The molecule has 1 aromatic heterocycles. The molecule has 0 amide bonds. The van der Waals surface area contributed by atoms with Gasteiger partial charge in [-0.3, -0.25) is 0 Å². The van der Waals surface area contributed by atoms with Gasteiger partial charge in [0.15, 0.2) is 5.82 Å². The molecule has 2 aromatic rings. The van der Waals surface area contributed by atoms with Crippen molar-refractivity contribution in [1.82, 2.24) is 19.8 Å². The van der Waals surface area contributed by atoms with E-state index < -0.39 is 10.0 Å². The molecule has 1 aromatic carbocycles. The van der Waals surface area contributed by atoms with E-state index in [1.54, 1.807) is 6.07 Å². The summed E-state index contributed by atoms with van der Waals surface area (Å²) in [6.07, 6.45) is 3.43. The lowest BCUT2D eigenvalue weighted by Crippen LogP contribution is -2.35. The van der Waals surface area contributed by atoms with Gasteiger partial charge >= 0.3 is 0 Å². The van der Waals surface area contributed by atoms with Crippen LogP contribution in [-0.2, 0) is 16.4 Å². The van der Waals surface area contributed by atoms with E-state index in [1.165, 1.54) is 16.4 Å². The minimum atomic E-state index is -3.55. The van der Waals surface area contributed by atoms with Crippen LogP contribution in [-0.4, -0.2) is 49.0 Å². The number of hydrogen-bond donors (Lipinski definition) is 1. The Morgan fingerprint density at radius 2 is 2.04 bits per heavy atom. The number of nitrogens with zero attached hydrogens (tertiary/aromatic N) is 3. The average Bonchev–Trinajstić information content (AvgIpc) is 3.10. The first-order chi connectivity index (χ1) is 12.4. The highest BCUT2D eigenvalue weighted by atomic mass is 35.5. The molecule has 2 heterocycles. The fraction of sp³-hybridized carbons (Fsp3) is 0.529. The number of benzene rings is 1. The summed E-state index contributed by atoms with van der Waals surface area (Å²) in [5, 5.41) is 7.44. The number of aromatic nitrogens is 2. The smallest absolute Gasteiger partial charge is 0.259 e. The van der Waals surface area contributed by atoms with Crippen molar-refractivity contribution >= 4 is 21.6 Å². The van der Waals surface area contributed by atoms with Gasteiger partial charge < -0.3 is 9.84 Å². The predicted octanol–water partition coefficient (Wildman–Crippen LogP) is 2.72. The Balaban J connectivity index is 1.91. The van der Waals surface area contributed by atoms with Crippen LogP contribution in [0.4, 0.5) is 0 Å². The number of nitrogens with one attached hydrogen (secondary N) is 1. The molecule has 1 fully saturated rings. The fourth-order valence-corrected chi connectivity index (χ4v) is 4.65. The summed E-state index contributed by atoms with van der Waals surface area (Å²) >= 11 is 6.26. The van der Waals surface area contributed by atoms with Crippen LogP contribution in [0.15, 0.2) is 27.6 Å². The lowest BCUT2D eigenvalue weighted by Gasteiger charge is -2.26. The van der Waals surface area contributed by atoms with Crippen LogP contribution in [0.25, 0.3) is 11.5 Å². The van der Waals surface area contributed by atoms with Crippen molar-refractivity contribution in [3.05, 3.63) is 29.0 Å². The van der Waals surface area contributed by atoms with Gasteiger partial charge in [-0.25, -0.2) is 8.42 Å². The maximum atomic E-state index is 12.9. The molecule has 1 N–H and O–H groups in total. The highest BCUT2D eigenvalue weighted by Crippen LogP contribution is 2.31. The molecule has 26 heavy (non-hydrogen) atoms. The number of likely N-dealkylation sites (N-methyl/N-ethyl adjacent to an activating group) is 1. The molecule has 0 bridgehead atoms. The minimum Gasteiger partial charge on any atom is -0.334 e. The maximum Gasteiger partial charge on any atom is 0.259 e. The van der Waals surface area contributed by atoms with Crippen molar-refractivity contribution in [3.63, 3.8) is 0 Å². The van der Waals surface area contributed by atoms with E-state index in [2.05, 4.69) is 15.5 Å². The van der Waals surface area contributed by atoms with Crippen LogP contribution in [0.2, 0.25) is 5.02 Å². The Labute approximate surface area is 158 Å². The van der Waals surface area contributed by atoms with E-state index in [-0.39, 0.29) is 16.8 Å². The molecule has 0 saturated carbocycles. The lowest BCUT2D eigenvalue weighted by atomic mass is 10.2. The van der Waals surface area contributed by atoms with Crippen molar-refractivity contribution in [2.45, 2.75) is 43.5 Å². The largest absolute Gasteiger partial charge is 0.334 e. The molecule has 1 saturated heterocycles. The molecular weight excluding hydrogens is 376 g/mol. The van der Waals surface area contributed by atoms with Crippen molar-refractivity contribution in [2.75, 3.05) is 20.1 Å². The van der Waals surface area contributed by atoms with Crippen molar-refractivity contribution in [2.24, 2.45) is 0 Å². The zero-order valence-corrected chi connectivity index (χ0v) is 16.5. The molecule has 1 aliphatic rings. The first kappa shape index (κ1) is 19.3.